The lowest BCUT2D eigenvalue weighted by Gasteiger charge is -2.03. The maximum Gasteiger partial charge on any atom is 0.321 e. The summed E-state index contributed by atoms with van der Waals surface area (Å²) in [4.78, 5) is 28.2. The third-order valence-corrected chi connectivity index (χ3v) is 3.23. The number of carbonyl (C=O) groups is 1. The van der Waals surface area contributed by atoms with E-state index in [1.54, 1.807) is 12.3 Å². The number of anilines is 1. The molecular formula is C11H9BrN4O3. The molecule has 7 nitrogen and oxygen atoms in total. The van der Waals surface area contributed by atoms with Crippen LogP contribution >= 0.6 is 15.9 Å². The Morgan fingerprint density at radius 1 is 1.53 bits per heavy atom. The van der Waals surface area contributed by atoms with E-state index in [-0.39, 0.29) is 11.5 Å². The van der Waals surface area contributed by atoms with E-state index < -0.39 is 10.8 Å². The SMILES string of the molecule is Cc1cc(NC(=O)c2ccc([N+](=O)[O-])[nH]2)ncc1Br. The van der Waals surface area contributed by atoms with Gasteiger partial charge >= 0.3 is 5.82 Å². The lowest BCUT2D eigenvalue weighted by Crippen LogP contribution is -2.13. The molecule has 2 rings (SSSR count). The fraction of sp³-hybridized carbons (Fsp3) is 0.0909. The molecule has 2 aromatic rings. The molecule has 0 unspecified atom stereocenters. The first-order chi connectivity index (χ1) is 8.97. The van der Waals surface area contributed by atoms with Crippen LogP contribution in [0.1, 0.15) is 16.1 Å². The van der Waals surface area contributed by atoms with Crippen molar-refractivity contribution < 1.29 is 9.72 Å². The molecule has 0 atom stereocenters. The summed E-state index contributed by atoms with van der Waals surface area (Å²) in [6, 6.07) is 4.27. The number of aromatic nitrogens is 2. The molecule has 0 saturated heterocycles. The van der Waals surface area contributed by atoms with Crippen molar-refractivity contribution in [3.63, 3.8) is 0 Å². The molecule has 0 aliphatic carbocycles. The molecule has 2 heterocycles. The lowest BCUT2D eigenvalue weighted by atomic mass is 10.3. The van der Waals surface area contributed by atoms with Crippen molar-refractivity contribution in [2.45, 2.75) is 6.92 Å². The molecule has 0 aliphatic rings. The van der Waals surface area contributed by atoms with Gasteiger partial charge in [0.1, 0.15) is 5.82 Å². The lowest BCUT2D eigenvalue weighted by molar-refractivity contribution is -0.389. The van der Waals surface area contributed by atoms with E-state index in [1.165, 1.54) is 12.1 Å². The number of pyridine rings is 1. The maximum absolute atomic E-state index is 11.8. The Balaban J connectivity index is 2.15. The van der Waals surface area contributed by atoms with Crippen LogP contribution in [0.15, 0.2) is 28.9 Å². The molecule has 98 valence electrons. The number of aryl methyl sites for hydroxylation is 1. The maximum atomic E-state index is 11.8. The molecule has 19 heavy (non-hydrogen) atoms. The topological polar surface area (TPSA) is 101 Å². The third-order valence-electron chi connectivity index (χ3n) is 2.40. The summed E-state index contributed by atoms with van der Waals surface area (Å²) in [6.07, 6.45) is 1.57. The van der Waals surface area contributed by atoms with Crippen LogP contribution in [0.2, 0.25) is 0 Å². The largest absolute Gasteiger partial charge is 0.358 e. The molecular weight excluding hydrogens is 316 g/mol. The summed E-state index contributed by atoms with van der Waals surface area (Å²) in [5.41, 5.74) is 1.02. The number of carbonyl (C=O) groups excluding carboxylic acids is 1. The number of aromatic amines is 1. The van der Waals surface area contributed by atoms with Crippen LogP contribution in [0.25, 0.3) is 0 Å². The fourth-order valence-electron chi connectivity index (χ4n) is 1.41. The second-order valence-electron chi connectivity index (χ2n) is 3.79. The van der Waals surface area contributed by atoms with Crippen LogP contribution in [0.5, 0.6) is 0 Å². The minimum atomic E-state index is -0.598. The first-order valence-corrected chi connectivity index (χ1v) is 6.03. The van der Waals surface area contributed by atoms with Gasteiger partial charge in [-0.25, -0.2) is 9.97 Å². The predicted molar refractivity (Wildman–Crippen MR) is 72.1 cm³/mol. The summed E-state index contributed by atoms with van der Waals surface area (Å²) in [5, 5.41) is 13.1. The first-order valence-electron chi connectivity index (χ1n) is 5.24. The van der Waals surface area contributed by atoms with Gasteiger partial charge in [-0.2, -0.15) is 0 Å². The van der Waals surface area contributed by atoms with Crippen molar-refractivity contribution in [2.24, 2.45) is 0 Å². The van der Waals surface area contributed by atoms with E-state index in [2.05, 4.69) is 31.2 Å². The fourth-order valence-corrected chi connectivity index (χ4v) is 1.63. The zero-order valence-electron chi connectivity index (χ0n) is 9.81. The van der Waals surface area contributed by atoms with Crippen LogP contribution in [0.3, 0.4) is 0 Å². The van der Waals surface area contributed by atoms with E-state index in [4.69, 9.17) is 0 Å². The monoisotopic (exact) mass is 324 g/mol. The molecule has 0 aliphatic heterocycles. The Morgan fingerprint density at radius 2 is 2.26 bits per heavy atom. The van der Waals surface area contributed by atoms with Crippen molar-refractivity contribution in [3.05, 3.63) is 50.2 Å². The average Bonchev–Trinajstić information content (AvgIpc) is 2.83. The standard InChI is InChI=1S/C11H9BrN4O3/c1-6-4-9(13-5-7(6)12)15-11(17)8-2-3-10(14-8)16(18)19/h2-5,14H,1H3,(H,13,15,17). The minimum absolute atomic E-state index is 0.106. The number of halogens is 1. The van der Waals surface area contributed by atoms with Crippen LogP contribution in [0, 0.1) is 17.0 Å². The van der Waals surface area contributed by atoms with Gasteiger partial charge in [0.2, 0.25) is 0 Å². The van der Waals surface area contributed by atoms with Gasteiger partial charge in [0.05, 0.1) is 0 Å². The molecule has 0 fully saturated rings. The smallest absolute Gasteiger partial charge is 0.321 e. The molecule has 0 bridgehead atoms. The van der Waals surface area contributed by atoms with Gasteiger partial charge in [0, 0.05) is 16.7 Å². The van der Waals surface area contributed by atoms with Crippen molar-refractivity contribution in [1.29, 1.82) is 0 Å². The van der Waals surface area contributed by atoms with E-state index >= 15 is 0 Å². The zero-order valence-corrected chi connectivity index (χ0v) is 11.4. The van der Waals surface area contributed by atoms with Gasteiger partial charge in [-0.3, -0.25) is 4.79 Å². The second-order valence-corrected chi connectivity index (χ2v) is 4.64. The Labute approximate surface area is 116 Å². The van der Waals surface area contributed by atoms with Crippen molar-refractivity contribution >= 4 is 33.5 Å². The van der Waals surface area contributed by atoms with Gasteiger partial charge in [-0.1, -0.05) is 0 Å². The van der Waals surface area contributed by atoms with Crippen molar-refractivity contribution in [3.8, 4) is 0 Å². The van der Waals surface area contributed by atoms with Crippen LogP contribution in [-0.2, 0) is 0 Å². The molecule has 2 aromatic heterocycles. The van der Waals surface area contributed by atoms with Gasteiger partial charge in [-0.15, -0.1) is 0 Å². The van der Waals surface area contributed by atoms with E-state index in [0.29, 0.717) is 5.82 Å². The molecule has 1 amide bonds. The highest BCUT2D eigenvalue weighted by Crippen LogP contribution is 2.18. The summed E-state index contributed by atoms with van der Waals surface area (Å²) >= 11 is 3.30. The molecule has 0 radical (unpaired) electrons. The zero-order chi connectivity index (χ0) is 14.0. The van der Waals surface area contributed by atoms with Gasteiger partial charge in [0.15, 0.2) is 5.69 Å². The number of amides is 1. The Hall–Kier alpha value is -2.22. The number of nitro groups is 1. The van der Waals surface area contributed by atoms with Crippen LogP contribution in [0.4, 0.5) is 11.6 Å². The summed E-state index contributed by atoms with van der Waals surface area (Å²) in [6.45, 7) is 1.86. The van der Waals surface area contributed by atoms with E-state index in [9.17, 15) is 14.9 Å². The van der Waals surface area contributed by atoms with Crippen molar-refractivity contribution in [2.75, 3.05) is 5.32 Å². The summed E-state index contributed by atoms with van der Waals surface area (Å²) in [5.74, 6) is -0.338. The third kappa shape index (κ3) is 2.97. The van der Waals surface area contributed by atoms with Crippen LogP contribution < -0.4 is 5.32 Å². The highest BCUT2D eigenvalue weighted by molar-refractivity contribution is 9.10. The summed E-state index contributed by atoms with van der Waals surface area (Å²) in [7, 11) is 0. The first kappa shape index (κ1) is 13.2. The van der Waals surface area contributed by atoms with E-state index in [1.807, 2.05) is 6.92 Å². The average molecular weight is 325 g/mol. The number of rotatable bonds is 3. The van der Waals surface area contributed by atoms with Crippen LogP contribution in [-0.4, -0.2) is 20.8 Å². The number of nitrogens with one attached hydrogen (secondary N) is 2. The number of nitrogens with zero attached hydrogens (tertiary/aromatic N) is 2. The minimum Gasteiger partial charge on any atom is -0.358 e. The molecule has 0 saturated carbocycles. The number of hydrogen-bond acceptors (Lipinski definition) is 4. The number of hydrogen-bond donors (Lipinski definition) is 2. The van der Waals surface area contributed by atoms with Gasteiger partial charge in [0.25, 0.3) is 5.91 Å². The Bertz CT molecular complexity index is 653. The highest BCUT2D eigenvalue weighted by Gasteiger charge is 2.15. The Morgan fingerprint density at radius 3 is 2.84 bits per heavy atom. The Kier molecular flexibility index (Phi) is 3.61. The van der Waals surface area contributed by atoms with Gasteiger partial charge in [-0.05, 0) is 45.5 Å². The highest BCUT2D eigenvalue weighted by atomic mass is 79.9. The van der Waals surface area contributed by atoms with Crippen molar-refractivity contribution in [1.82, 2.24) is 9.97 Å². The molecule has 2 N–H and O–H groups in total. The van der Waals surface area contributed by atoms with Gasteiger partial charge < -0.3 is 15.4 Å². The van der Waals surface area contributed by atoms with E-state index in [0.717, 1.165) is 10.0 Å². The number of H-pyrrole nitrogens is 1. The molecule has 8 heteroatoms. The second kappa shape index (κ2) is 5.19. The quantitative estimate of drug-likeness (QED) is 0.669. The normalized spacial score (nSPS) is 10.2. The molecule has 0 spiro atoms. The predicted octanol–water partition coefficient (Wildman–Crippen LogP) is 2.64. The molecule has 0 aromatic carbocycles. The summed E-state index contributed by atoms with van der Waals surface area (Å²) < 4.78 is 0.834.